The van der Waals surface area contributed by atoms with Gasteiger partial charge in [0.15, 0.2) is 0 Å². The van der Waals surface area contributed by atoms with Crippen molar-refractivity contribution in [2.45, 2.75) is 18.9 Å². The maximum absolute atomic E-state index is 11.9. The molecule has 0 fully saturated rings. The normalized spacial score (nSPS) is 13.4. The molecule has 5 heteroatoms. The van der Waals surface area contributed by atoms with Crippen LogP contribution in [-0.2, 0) is 0 Å². The first-order valence-electron chi connectivity index (χ1n) is 5.98. The van der Waals surface area contributed by atoms with Crippen LogP contribution in [0.2, 0.25) is 0 Å². The van der Waals surface area contributed by atoms with Crippen LogP contribution >= 0.6 is 11.8 Å². The lowest BCUT2D eigenvalue weighted by atomic mass is 10.0. The molecule has 0 saturated carbocycles. The first-order valence-corrected chi connectivity index (χ1v) is 7.37. The molecule has 1 atom stereocenters. The Kier molecular flexibility index (Phi) is 5.87. The van der Waals surface area contributed by atoms with Crippen molar-refractivity contribution in [2.75, 3.05) is 18.6 Å². The maximum atomic E-state index is 11.9. The van der Waals surface area contributed by atoms with Crippen molar-refractivity contribution in [3.8, 4) is 6.07 Å². The third kappa shape index (κ3) is 5.33. The van der Waals surface area contributed by atoms with Gasteiger partial charge in [-0.1, -0.05) is 0 Å². The first-order chi connectivity index (χ1) is 8.98. The molecule has 1 aromatic carbocycles. The van der Waals surface area contributed by atoms with E-state index in [1.54, 1.807) is 43.0 Å². The fourth-order valence-corrected chi connectivity index (χ4v) is 2.12. The number of hydrogen-bond donors (Lipinski definition) is 2. The Hall–Kier alpha value is -1.51. The molecule has 0 aliphatic carbocycles. The number of amides is 1. The molecule has 0 heterocycles. The van der Waals surface area contributed by atoms with Gasteiger partial charge in [-0.15, -0.1) is 0 Å². The van der Waals surface area contributed by atoms with Crippen LogP contribution in [0, 0.1) is 11.3 Å². The number of nitrogens with zero attached hydrogens (tertiary/aromatic N) is 1. The van der Waals surface area contributed by atoms with E-state index in [0.29, 0.717) is 17.5 Å². The zero-order valence-corrected chi connectivity index (χ0v) is 12.0. The van der Waals surface area contributed by atoms with E-state index in [0.717, 1.165) is 5.75 Å². The number of benzene rings is 1. The Labute approximate surface area is 117 Å². The molecule has 102 valence electrons. The zero-order valence-electron chi connectivity index (χ0n) is 11.1. The van der Waals surface area contributed by atoms with Gasteiger partial charge in [0.1, 0.15) is 0 Å². The minimum Gasteiger partial charge on any atom is -0.388 e. The van der Waals surface area contributed by atoms with Gasteiger partial charge < -0.3 is 10.4 Å². The topological polar surface area (TPSA) is 73.1 Å². The monoisotopic (exact) mass is 278 g/mol. The molecule has 1 aromatic rings. The Morgan fingerprint density at radius 1 is 1.47 bits per heavy atom. The second-order valence-electron chi connectivity index (χ2n) is 4.61. The van der Waals surface area contributed by atoms with Gasteiger partial charge in [-0.2, -0.15) is 17.0 Å². The largest absolute Gasteiger partial charge is 0.388 e. The highest BCUT2D eigenvalue weighted by Gasteiger charge is 2.20. The maximum Gasteiger partial charge on any atom is 0.251 e. The third-order valence-corrected chi connectivity index (χ3v) is 3.36. The second kappa shape index (κ2) is 7.17. The van der Waals surface area contributed by atoms with Crippen molar-refractivity contribution in [1.82, 2.24) is 5.32 Å². The molecule has 0 aliphatic rings. The summed E-state index contributed by atoms with van der Waals surface area (Å²) in [6.45, 7) is 1.93. The van der Waals surface area contributed by atoms with Gasteiger partial charge in [0.05, 0.1) is 17.2 Å². The van der Waals surface area contributed by atoms with Crippen molar-refractivity contribution in [2.24, 2.45) is 0 Å². The van der Waals surface area contributed by atoms with Crippen LogP contribution in [0.15, 0.2) is 24.3 Å². The SMILES string of the molecule is CSCC[C@@](C)(O)CNC(=O)c1ccc(C#N)cc1. The number of rotatable bonds is 6. The van der Waals surface area contributed by atoms with E-state index in [2.05, 4.69) is 5.32 Å². The number of carbonyl (C=O) groups excluding carboxylic acids is 1. The summed E-state index contributed by atoms with van der Waals surface area (Å²) in [4.78, 5) is 11.9. The molecular weight excluding hydrogens is 260 g/mol. The average molecular weight is 278 g/mol. The summed E-state index contributed by atoms with van der Waals surface area (Å²) in [6.07, 6.45) is 2.60. The van der Waals surface area contributed by atoms with Crippen LogP contribution in [0.1, 0.15) is 29.3 Å². The summed E-state index contributed by atoms with van der Waals surface area (Å²) in [6, 6.07) is 8.40. The average Bonchev–Trinajstić information content (AvgIpc) is 2.43. The van der Waals surface area contributed by atoms with Gasteiger partial charge in [0, 0.05) is 12.1 Å². The number of hydrogen-bond acceptors (Lipinski definition) is 4. The molecule has 0 aliphatic heterocycles. The van der Waals surface area contributed by atoms with E-state index in [4.69, 9.17) is 5.26 Å². The number of carbonyl (C=O) groups is 1. The highest BCUT2D eigenvalue weighted by molar-refractivity contribution is 7.98. The summed E-state index contributed by atoms with van der Waals surface area (Å²) in [7, 11) is 0. The van der Waals surface area contributed by atoms with Crippen LogP contribution in [0.3, 0.4) is 0 Å². The fraction of sp³-hybridized carbons (Fsp3) is 0.429. The van der Waals surface area contributed by atoms with E-state index in [1.165, 1.54) is 0 Å². The van der Waals surface area contributed by atoms with Crippen molar-refractivity contribution >= 4 is 17.7 Å². The van der Waals surface area contributed by atoms with Crippen LogP contribution < -0.4 is 5.32 Å². The molecule has 0 unspecified atom stereocenters. The van der Waals surface area contributed by atoms with Crippen molar-refractivity contribution in [1.29, 1.82) is 5.26 Å². The van der Waals surface area contributed by atoms with E-state index in [9.17, 15) is 9.90 Å². The highest BCUT2D eigenvalue weighted by atomic mass is 32.2. The number of thioether (sulfide) groups is 1. The Morgan fingerprint density at radius 3 is 2.63 bits per heavy atom. The molecule has 1 rings (SSSR count). The number of nitrogens with one attached hydrogen (secondary N) is 1. The third-order valence-electron chi connectivity index (χ3n) is 2.75. The van der Waals surface area contributed by atoms with Crippen molar-refractivity contribution < 1.29 is 9.90 Å². The van der Waals surface area contributed by atoms with E-state index >= 15 is 0 Å². The van der Waals surface area contributed by atoms with Crippen LogP contribution in [0.5, 0.6) is 0 Å². The molecule has 0 aromatic heterocycles. The van der Waals surface area contributed by atoms with Crippen molar-refractivity contribution in [3.63, 3.8) is 0 Å². The standard InChI is InChI=1S/C14H18N2O2S/c1-14(18,7-8-19-2)10-16-13(17)12-5-3-11(9-15)4-6-12/h3-6,18H,7-8,10H2,1-2H3,(H,16,17)/t14-/m1/s1. The van der Waals surface area contributed by atoms with Crippen LogP contribution in [0.4, 0.5) is 0 Å². The lowest BCUT2D eigenvalue weighted by Gasteiger charge is -2.23. The predicted molar refractivity (Wildman–Crippen MR) is 77.1 cm³/mol. The van der Waals surface area contributed by atoms with Crippen LogP contribution in [0.25, 0.3) is 0 Å². The second-order valence-corrected chi connectivity index (χ2v) is 5.60. The van der Waals surface area contributed by atoms with Gasteiger partial charge in [-0.25, -0.2) is 0 Å². The zero-order chi connectivity index (χ0) is 14.3. The fourth-order valence-electron chi connectivity index (χ4n) is 1.48. The molecule has 1 amide bonds. The van der Waals surface area contributed by atoms with E-state index in [1.807, 2.05) is 12.3 Å². The number of aliphatic hydroxyl groups is 1. The van der Waals surface area contributed by atoms with Crippen LogP contribution in [-0.4, -0.2) is 35.2 Å². The molecule has 0 bridgehead atoms. The summed E-state index contributed by atoms with van der Waals surface area (Å²) < 4.78 is 0. The molecule has 19 heavy (non-hydrogen) atoms. The van der Waals surface area contributed by atoms with Gasteiger partial charge >= 0.3 is 0 Å². The first kappa shape index (κ1) is 15.5. The van der Waals surface area contributed by atoms with Crippen molar-refractivity contribution in [3.05, 3.63) is 35.4 Å². The molecule has 4 nitrogen and oxygen atoms in total. The summed E-state index contributed by atoms with van der Waals surface area (Å²) in [5.41, 5.74) is 0.105. The summed E-state index contributed by atoms with van der Waals surface area (Å²) >= 11 is 1.66. The quantitative estimate of drug-likeness (QED) is 0.832. The van der Waals surface area contributed by atoms with Gasteiger partial charge in [-0.3, -0.25) is 4.79 Å². The molecule has 0 spiro atoms. The smallest absolute Gasteiger partial charge is 0.251 e. The van der Waals surface area contributed by atoms with Gasteiger partial charge in [-0.05, 0) is 49.6 Å². The molecule has 0 radical (unpaired) electrons. The summed E-state index contributed by atoms with van der Waals surface area (Å²) in [5, 5.41) is 21.4. The molecule has 2 N–H and O–H groups in total. The summed E-state index contributed by atoms with van der Waals surface area (Å²) in [5.74, 6) is 0.605. The number of nitriles is 1. The Bertz CT molecular complexity index is 463. The molecule has 0 saturated heterocycles. The van der Waals surface area contributed by atoms with Gasteiger partial charge in [0.2, 0.25) is 0 Å². The van der Waals surface area contributed by atoms with Gasteiger partial charge in [0.25, 0.3) is 5.91 Å². The lowest BCUT2D eigenvalue weighted by molar-refractivity contribution is 0.0528. The predicted octanol–water partition coefficient (Wildman–Crippen LogP) is 1.79. The van der Waals surface area contributed by atoms with E-state index in [-0.39, 0.29) is 12.5 Å². The minimum absolute atomic E-state index is 0.215. The highest BCUT2D eigenvalue weighted by Crippen LogP contribution is 2.12. The molecular formula is C14H18N2O2S. The lowest BCUT2D eigenvalue weighted by Crippen LogP contribution is -2.41. The minimum atomic E-state index is -0.898. The Morgan fingerprint density at radius 2 is 2.11 bits per heavy atom. The van der Waals surface area contributed by atoms with E-state index < -0.39 is 5.60 Å². The Balaban J connectivity index is 2.53.